The number of Topliss-reactive ketones (excluding diaryl/α,β-unsaturated/α-hetero) is 1. The minimum Gasteiger partial charge on any atom is -0.378 e. The summed E-state index contributed by atoms with van der Waals surface area (Å²) in [6.45, 7) is 0.850. The van der Waals surface area contributed by atoms with Gasteiger partial charge in [0, 0.05) is 25.5 Å². The molecule has 0 aromatic heterocycles. The highest BCUT2D eigenvalue weighted by Crippen LogP contribution is 2.19. The van der Waals surface area contributed by atoms with Crippen molar-refractivity contribution in [3.8, 4) is 0 Å². The molecule has 3 heteroatoms. The molecule has 0 saturated carbocycles. The van der Waals surface area contributed by atoms with Crippen LogP contribution in [0.3, 0.4) is 0 Å². The van der Waals surface area contributed by atoms with Gasteiger partial charge >= 0.3 is 0 Å². The van der Waals surface area contributed by atoms with E-state index >= 15 is 0 Å². The molecular weight excluding hydrogens is 226 g/mol. The lowest BCUT2D eigenvalue weighted by Gasteiger charge is -2.12. The molecule has 0 spiro atoms. The first kappa shape index (κ1) is 13.2. The van der Waals surface area contributed by atoms with Crippen molar-refractivity contribution >= 4 is 5.78 Å². The quantitative estimate of drug-likeness (QED) is 0.840. The van der Waals surface area contributed by atoms with Crippen molar-refractivity contribution in [3.63, 3.8) is 0 Å². The molecule has 18 heavy (non-hydrogen) atoms. The maximum Gasteiger partial charge on any atom is 0.134 e. The van der Waals surface area contributed by atoms with E-state index in [1.165, 1.54) is 0 Å². The first-order chi connectivity index (χ1) is 8.75. The number of rotatable bonds is 6. The fourth-order valence-electron chi connectivity index (χ4n) is 2.36. The van der Waals surface area contributed by atoms with Crippen molar-refractivity contribution in [2.45, 2.75) is 44.2 Å². The number of benzene rings is 1. The fourth-order valence-corrected chi connectivity index (χ4v) is 2.36. The third kappa shape index (κ3) is 3.93. The van der Waals surface area contributed by atoms with Crippen molar-refractivity contribution in [2.24, 2.45) is 5.73 Å². The molecule has 0 aliphatic carbocycles. The van der Waals surface area contributed by atoms with Gasteiger partial charge in [-0.3, -0.25) is 4.79 Å². The molecular formula is C15H21NO2. The van der Waals surface area contributed by atoms with Gasteiger partial charge in [-0.2, -0.15) is 0 Å². The lowest BCUT2D eigenvalue weighted by molar-refractivity contribution is -0.120. The highest BCUT2D eigenvalue weighted by molar-refractivity contribution is 5.79. The minimum absolute atomic E-state index is 0.178. The van der Waals surface area contributed by atoms with Crippen LogP contribution >= 0.6 is 0 Å². The second-order valence-corrected chi connectivity index (χ2v) is 4.93. The first-order valence-electron chi connectivity index (χ1n) is 6.69. The van der Waals surface area contributed by atoms with Gasteiger partial charge in [0.25, 0.3) is 0 Å². The molecule has 1 aliphatic heterocycles. The van der Waals surface area contributed by atoms with E-state index < -0.39 is 0 Å². The van der Waals surface area contributed by atoms with E-state index in [1.807, 2.05) is 30.3 Å². The summed E-state index contributed by atoms with van der Waals surface area (Å²) in [5.41, 5.74) is 7.06. The molecule has 2 rings (SSSR count). The van der Waals surface area contributed by atoms with Crippen LogP contribution in [0.1, 0.15) is 43.7 Å². The van der Waals surface area contributed by atoms with Crippen LogP contribution in [0.4, 0.5) is 0 Å². The largest absolute Gasteiger partial charge is 0.378 e. The average molecular weight is 247 g/mol. The van der Waals surface area contributed by atoms with E-state index in [9.17, 15) is 4.79 Å². The Bertz CT molecular complexity index is 371. The Labute approximate surface area is 108 Å². The molecule has 98 valence electrons. The van der Waals surface area contributed by atoms with E-state index in [0.717, 1.165) is 31.4 Å². The topological polar surface area (TPSA) is 52.3 Å². The number of ketones is 1. The highest BCUT2D eigenvalue weighted by atomic mass is 16.5. The molecule has 1 aliphatic rings. The number of carbonyl (C=O) groups is 1. The Hall–Kier alpha value is -1.19. The normalized spacial score (nSPS) is 20.8. The Kier molecular flexibility index (Phi) is 4.90. The summed E-state index contributed by atoms with van der Waals surface area (Å²) < 4.78 is 5.51. The van der Waals surface area contributed by atoms with E-state index in [-0.39, 0.29) is 11.8 Å². The Morgan fingerprint density at radius 2 is 2.17 bits per heavy atom. The molecule has 1 fully saturated rings. The van der Waals surface area contributed by atoms with E-state index in [4.69, 9.17) is 10.5 Å². The van der Waals surface area contributed by atoms with Crippen LogP contribution in [0.25, 0.3) is 0 Å². The van der Waals surface area contributed by atoms with Gasteiger partial charge in [0.1, 0.15) is 5.78 Å². The summed E-state index contributed by atoms with van der Waals surface area (Å²) in [6, 6.07) is 9.62. The van der Waals surface area contributed by atoms with E-state index in [0.29, 0.717) is 18.9 Å². The lowest BCUT2D eigenvalue weighted by atomic mass is 9.99. The van der Waals surface area contributed by atoms with Crippen molar-refractivity contribution in [1.82, 2.24) is 0 Å². The van der Waals surface area contributed by atoms with Crippen molar-refractivity contribution in [3.05, 3.63) is 35.9 Å². The second-order valence-electron chi connectivity index (χ2n) is 4.93. The number of hydrogen-bond acceptors (Lipinski definition) is 3. The molecule has 3 nitrogen and oxygen atoms in total. The standard InChI is InChI=1S/C15H21NO2/c16-15(12-5-2-1-3-6-12)11-13(17)8-9-14-7-4-10-18-14/h1-3,5-6,14-15H,4,7-11,16H2. The van der Waals surface area contributed by atoms with Gasteiger partial charge in [-0.25, -0.2) is 0 Å². The maximum absolute atomic E-state index is 11.8. The molecule has 0 bridgehead atoms. The van der Waals surface area contributed by atoms with Gasteiger partial charge in [0.2, 0.25) is 0 Å². The zero-order valence-corrected chi connectivity index (χ0v) is 10.7. The second kappa shape index (κ2) is 6.66. The molecule has 2 N–H and O–H groups in total. The Morgan fingerprint density at radius 1 is 1.39 bits per heavy atom. The van der Waals surface area contributed by atoms with Crippen LogP contribution in [0, 0.1) is 0 Å². The molecule has 0 radical (unpaired) electrons. The molecule has 1 saturated heterocycles. The van der Waals surface area contributed by atoms with Crippen LogP contribution in [0.5, 0.6) is 0 Å². The average Bonchev–Trinajstić information content (AvgIpc) is 2.90. The zero-order valence-electron chi connectivity index (χ0n) is 10.7. The summed E-state index contributed by atoms with van der Waals surface area (Å²) in [5.74, 6) is 0.238. The fraction of sp³-hybridized carbons (Fsp3) is 0.533. The molecule has 0 amide bonds. The number of ether oxygens (including phenoxy) is 1. The number of hydrogen-bond donors (Lipinski definition) is 1. The van der Waals surface area contributed by atoms with Gasteiger partial charge in [0.05, 0.1) is 6.10 Å². The van der Waals surface area contributed by atoms with Gasteiger partial charge in [-0.1, -0.05) is 30.3 Å². The molecule has 1 aromatic rings. The molecule has 2 unspecified atom stereocenters. The number of nitrogens with two attached hydrogens (primary N) is 1. The van der Waals surface area contributed by atoms with Crippen LogP contribution < -0.4 is 5.73 Å². The smallest absolute Gasteiger partial charge is 0.134 e. The maximum atomic E-state index is 11.8. The predicted octanol–water partition coefficient (Wildman–Crippen LogP) is 2.60. The summed E-state index contributed by atoms with van der Waals surface area (Å²) in [4.78, 5) is 11.8. The van der Waals surface area contributed by atoms with Crippen LogP contribution in [-0.4, -0.2) is 18.5 Å². The summed E-state index contributed by atoms with van der Waals surface area (Å²) in [5, 5.41) is 0. The van der Waals surface area contributed by atoms with Gasteiger partial charge < -0.3 is 10.5 Å². The van der Waals surface area contributed by atoms with Crippen LogP contribution in [0.2, 0.25) is 0 Å². The third-order valence-corrected chi connectivity index (χ3v) is 3.44. The lowest BCUT2D eigenvalue weighted by Crippen LogP contribution is -2.16. The van der Waals surface area contributed by atoms with Crippen molar-refractivity contribution in [2.75, 3.05) is 6.61 Å². The van der Waals surface area contributed by atoms with Crippen molar-refractivity contribution < 1.29 is 9.53 Å². The van der Waals surface area contributed by atoms with Crippen LogP contribution in [-0.2, 0) is 9.53 Å². The predicted molar refractivity (Wildman–Crippen MR) is 71.2 cm³/mol. The third-order valence-electron chi connectivity index (χ3n) is 3.44. The first-order valence-corrected chi connectivity index (χ1v) is 6.69. The zero-order chi connectivity index (χ0) is 12.8. The minimum atomic E-state index is -0.178. The van der Waals surface area contributed by atoms with Crippen molar-refractivity contribution in [1.29, 1.82) is 0 Å². The highest BCUT2D eigenvalue weighted by Gasteiger charge is 2.18. The SMILES string of the molecule is NC(CC(=O)CCC1CCCO1)c1ccccc1. The number of carbonyl (C=O) groups excluding carboxylic acids is 1. The van der Waals surface area contributed by atoms with E-state index in [2.05, 4.69) is 0 Å². The van der Waals surface area contributed by atoms with Gasteiger partial charge in [0.15, 0.2) is 0 Å². The summed E-state index contributed by atoms with van der Waals surface area (Å²) >= 11 is 0. The van der Waals surface area contributed by atoms with E-state index in [1.54, 1.807) is 0 Å². The molecule has 2 atom stereocenters. The Balaban J connectivity index is 1.73. The monoisotopic (exact) mass is 247 g/mol. The molecule has 1 aromatic carbocycles. The summed E-state index contributed by atoms with van der Waals surface area (Å²) in [6.07, 6.45) is 4.38. The molecule has 1 heterocycles. The summed E-state index contributed by atoms with van der Waals surface area (Å²) in [7, 11) is 0. The van der Waals surface area contributed by atoms with Gasteiger partial charge in [-0.15, -0.1) is 0 Å². The Morgan fingerprint density at radius 3 is 2.83 bits per heavy atom. The van der Waals surface area contributed by atoms with Gasteiger partial charge in [-0.05, 0) is 24.8 Å². The van der Waals surface area contributed by atoms with Crippen LogP contribution in [0.15, 0.2) is 30.3 Å².